The fourth-order valence-electron chi connectivity index (χ4n) is 3.00. The third kappa shape index (κ3) is 3.69. The van der Waals surface area contributed by atoms with Crippen LogP contribution >= 0.6 is 0 Å². The van der Waals surface area contributed by atoms with Crippen LogP contribution < -0.4 is 10.5 Å². The number of nitrogen functional groups attached to an aromatic ring is 1. The number of amides is 1. The van der Waals surface area contributed by atoms with E-state index < -0.39 is 0 Å². The topological polar surface area (TPSA) is 55.6 Å². The van der Waals surface area contributed by atoms with E-state index in [9.17, 15) is 4.79 Å². The van der Waals surface area contributed by atoms with Gasteiger partial charge in [-0.3, -0.25) is 4.79 Å². The number of nitrogens with two attached hydrogens (primary N) is 1. The molecule has 0 bridgehead atoms. The number of carbonyl (C=O) groups is 1. The number of benzene rings is 1. The molecule has 1 unspecified atom stereocenters. The minimum absolute atomic E-state index is 0.0958. The van der Waals surface area contributed by atoms with Crippen LogP contribution in [0.4, 0.5) is 5.69 Å². The first-order valence-electron chi connectivity index (χ1n) is 8.00. The second kappa shape index (κ2) is 7.34. The summed E-state index contributed by atoms with van der Waals surface area (Å²) < 4.78 is 5.43. The molecule has 1 aliphatic heterocycles. The van der Waals surface area contributed by atoms with E-state index in [-0.39, 0.29) is 5.91 Å². The largest absolute Gasteiger partial charge is 0.492 e. The first-order valence-corrected chi connectivity index (χ1v) is 8.00. The molecule has 0 aromatic heterocycles. The molecule has 4 nitrogen and oxygen atoms in total. The lowest BCUT2D eigenvalue weighted by Gasteiger charge is -2.29. The van der Waals surface area contributed by atoms with E-state index in [2.05, 4.69) is 6.92 Å². The summed E-state index contributed by atoms with van der Waals surface area (Å²) in [6.07, 6.45) is 5.64. The molecule has 1 aliphatic rings. The molecule has 0 radical (unpaired) electrons. The molecule has 0 saturated carbocycles. The van der Waals surface area contributed by atoms with Gasteiger partial charge in [-0.1, -0.05) is 19.8 Å². The molecule has 1 amide bonds. The highest BCUT2D eigenvalue weighted by molar-refractivity contribution is 5.95. The quantitative estimate of drug-likeness (QED) is 0.864. The van der Waals surface area contributed by atoms with Crippen molar-refractivity contribution >= 4 is 11.6 Å². The highest BCUT2D eigenvalue weighted by atomic mass is 16.5. The van der Waals surface area contributed by atoms with Crippen molar-refractivity contribution < 1.29 is 9.53 Å². The predicted octanol–water partition coefficient (Wildman–Crippen LogP) is 3.46. The number of anilines is 1. The van der Waals surface area contributed by atoms with Crippen molar-refractivity contribution in [3.05, 3.63) is 23.8 Å². The van der Waals surface area contributed by atoms with Gasteiger partial charge in [-0.15, -0.1) is 0 Å². The minimum Gasteiger partial charge on any atom is -0.492 e. The molecule has 1 aromatic rings. The van der Waals surface area contributed by atoms with Crippen LogP contribution in [0.15, 0.2) is 18.2 Å². The van der Waals surface area contributed by atoms with E-state index >= 15 is 0 Å². The number of hydrogen-bond donors (Lipinski definition) is 1. The van der Waals surface area contributed by atoms with Gasteiger partial charge in [0, 0.05) is 18.2 Å². The Bertz CT molecular complexity index is 488. The van der Waals surface area contributed by atoms with Crippen LogP contribution in [-0.4, -0.2) is 30.0 Å². The lowest BCUT2D eigenvalue weighted by Crippen LogP contribution is -2.39. The molecule has 1 heterocycles. The van der Waals surface area contributed by atoms with Crippen molar-refractivity contribution in [2.75, 3.05) is 18.9 Å². The van der Waals surface area contributed by atoms with Crippen LogP contribution in [0.2, 0.25) is 0 Å². The second-order valence-electron chi connectivity index (χ2n) is 5.60. The van der Waals surface area contributed by atoms with E-state index in [1.807, 2.05) is 17.9 Å². The summed E-state index contributed by atoms with van der Waals surface area (Å²) in [4.78, 5) is 14.8. The number of nitrogens with zero attached hydrogens (tertiary/aromatic N) is 1. The van der Waals surface area contributed by atoms with Gasteiger partial charge in [0.05, 0.1) is 12.3 Å². The zero-order valence-corrected chi connectivity index (χ0v) is 13.1. The molecule has 1 aromatic carbocycles. The van der Waals surface area contributed by atoms with Gasteiger partial charge in [-0.2, -0.15) is 0 Å². The zero-order valence-electron chi connectivity index (χ0n) is 13.1. The maximum Gasteiger partial charge on any atom is 0.254 e. The summed E-state index contributed by atoms with van der Waals surface area (Å²) >= 11 is 0. The standard InChI is InChI=1S/C17H26N2O2/c1-3-14-8-6-5-7-11-19(14)17(20)13-9-10-16(21-4-2)15(18)12-13/h9-10,12,14H,3-8,11,18H2,1-2H3. The molecule has 1 atom stereocenters. The van der Waals surface area contributed by atoms with Gasteiger partial charge >= 0.3 is 0 Å². The number of rotatable bonds is 4. The van der Waals surface area contributed by atoms with Crippen molar-refractivity contribution in [1.82, 2.24) is 4.90 Å². The maximum atomic E-state index is 12.8. The minimum atomic E-state index is 0.0958. The molecular weight excluding hydrogens is 264 g/mol. The van der Waals surface area contributed by atoms with Crippen molar-refractivity contribution in [3.8, 4) is 5.75 Å². The van der Waals surface area contributed by atoms with Gasteiger partial charge in [0.15, 0.2) is 0 Å². The second-order valence-corrected chi connectivity index (χ2v) is 5.60. The Balaban J connectivity index is 2.19. The highest BCUT2D eigenvalue weighted by Gasteiger charge is 2.25. The Labute approximate surface area is 127 Å². The van der Waals surface area contributed by atoms with Crippen LogP contribution in [0.1, 0.15) is 56.3 Å². The summed E-state index contributed by atoms with van der Waals surface area (Å²) in [7, 11) is 0. The predicted molar refractivity (Wildman–Crippen MR) is 85.6 cm³/mol. The van der Waals surface area contributed by atoms with Gasteiger partial charge in [0.25, 0.3) is 5.91 Å². The van der Waals surface area contributed by atoms with E-state index in [1.54, 1.807) is 12.1 Å². The zero-order chi connectivity index (χ0) is 15.2. The Morgan fingerprint density at radius 3 is 2.81 bits per heavy atom. The van der Waals surface area contributed by atoms with E-state index in [0.29, 0.717) is 29.6 Å². The third-order valence-corrected chi connectivity index (χ3v) is 4.17. The Hall–Kier alpha value is -1.71. The molecular formula is C17H26N2O2. The molecule has 0 aliphatic carbocycles. The van der Waals surface area contributed by atoms with Gasteiger partial charge in [-0.25, -0.2) is 0 Å². The molecule has 2 rings (SSSR count). The highest BCUT2D eigenvalue weighted by Crippen LogP contribution is 2.26. The molecule has 1 saturated heterocycles. The van der Waals surface area contributed by atoms with Crippen LogP contribution in [0.5, 0.6) is 5.75 Å². The smallest absolute Gasteiger partial charge is 0.254 e. The lowest BCUT2D eigenvalue weighted by atomic mass is 10.1. The van der Waals surface area contributed by atoms with Crippen molar-refractivity contribution in [1.29, 1.82) is 0 Å². The SMILES string of the molecule is CCOc1ccc(C(=O)N2CCCCCC2CC)cc1N. The van der Waals surface area contributed by atoms with Gasteiger partial charge in [0.1, 0.15) is 5.75 Å². The maximum absolute atomic E-state index is 12.8. The fraction of sp³-hybridized carbons (Fsp3) is 0.588. The summed E-state index contributed by atoms with van der Waals surface area (Å²) in [6, 6.07) is 5.71. The Morgan fingerprint density at radius 2 is 2.14 bits per heavy atom. The number of carbonyl (C=O) groups excluding carboxylic acids is 1. The first kappa shape index (κ1) is 15.7. The summed E-state index contributed by atoms with van der Waals surface area (Å²) in [5.41, 5.74) is 7.17. The molecule has 0 spiro atoms. The van der Waals surface area contributed by atoms with E-state index in [0.717, 1.165) is 25.8 Å². The van der Waals surface area contributed by atoms with Crippen LogP contribution in [0.3, 0.4) is 0 Å². The van der Waals surface area contributed by atoms with Gasteiger partial charge < -0.3 is 15.4 Å². The summed E-state index contributed by atoms with van der Waals surface area (Å²) in [5.74, 6) is 0.746. The average Bonchev–Trinajstić information content (AvgIpc) is 2.74. The van der Waals surface area contributed by atoms with Gasteiger partial charge in [0.2, 0.25) is 0 Å². The van der Waals surface area contributed by atoms with E-state index in [4.69, 9.17) is 10.5 Å². The normalized spacial score (nSPS) is 19.1. The van der Waals surface area contributed by atoms with Gasteiger partial charge in [-0.05, 0) is 44.4 Å². The average molecular weight is 290 g/mol. The number of likely N-dealkylation sites (tertiary alicyclic amines) is 1. The third-order valence-electron chi connectivity index (χ3n) is 4.17. The monoisotopic (exact) mass is 290 g/mol. The number of ether oxygens (including phenoxy) is 1. The molecule has 2 N–H and O–H groups in total. The van der Waals surface area contributed by atoms with Crippen molar-refractivity contribution in [2.45, 2.75) is 52.0 Å². The van der Waals surface area contributed by atoms with E-state index in [1.165, 1.54) is 12.8 Å². The molecule has 4 heteroatoms. The van der Waals surface area contributed by atoms with Crippen LogP contribution in [-0.2, 0) is 0 Å². The van der Waals surface area contributed by atoms with Crippen LogP contribution in [0, 0.1) is 0 Å². The summed E-state index contributed by atoms with van der Waals surface area (Å²) in [6.45, 7) is 5.50. The Kier molecular flexibility index (Phi) is 5.48. The van der Waals surface area contributed by atoms with Crippen molar-refractivity contribution in [3.63, 3.8) is 0 Å². The number of hydrogen-bond acceptors (Lipinski definition) is 3. The molecule has 1 fully saturated rings. The molecule has 21 heavy (non-hydrogen) atoms. The fourth-order valence-corrected chi connectivity index (χ4v) is 3.00. The van der Waals surface area contributed by atoms with Crippen LogP contribution in [0.25, 0.3) is 0 Å². The summed E-state index contributed by atoms with van der Waals surface area (Å²) in [5, 5.41) is 0. The molecule has 116 valence electrons. The Morgan fingerprint density at radius 1 is 1.33 bits per heavy atom. The first-order chi connectivity index (χ1) is 10.2. The van der Waals surface area contributed by atoms with Crippen molar-refractivity contribution in [2.24, 2.45) is 0 Å². The lowest BCUT2D eigenvalue weighted by molar-refractivity contribution is 0.0678.